The van der Waals surface area contributed by atoms with Crippen LogP contribution in [0.25, 0.3) is 0 Å². The molecule has 0 spiro atoms. The van der Waals surface area contributed by atoms with Crippen LogP contribution < -0.4 is 0 Å². The zero-order chi connectivity index (χ0) is 24.7. The number of fused-ring (bicyclic) bond motifs is 5. The van der Waals surface area contributed by atoms with Crippen LogP contribution in [0.15, 0.2) is 0 Å². The summed E-state index contributed by atoms with van der Waals surface area (Å²) in [7, 11) is 4.28. The molecule has 1 N–H and O–H groups in total. The smallest absolute Gasteiger partial charge is 0.228 e. The largest absolute Gasteiger partial charge is 0.393 e. The van der Waals surface area contributed by atoms with Crippen molar-refractivity contribution in [2.24, 2.45) is 52.3 Å². The lowest BCUT2D eigenvalue weighted by Gasteiger charge is -2.61. The van der Waals surface area contributed by atoms with Crippen molar-refractivity contribution in [2.75, 3.05) is 20.6 Å². The lowest BCUT2D eigenvalue weighted by atomic mass is 9.44. The number of Topliss-reactive ketones (excluding diaryl/α,β-unsaturated/α-hetero) is 1. The fraction of sp³-hybridized carbons (Fsp3) is 0.931. The molecule has 1 heterocycles. The summed E-state index contributed by atoms with van der Waals surface area (Å²) in [6.45, 7) is 12.2. The number of carbonyl (C=O) groups is 2. The van der Waals surface area contributed by atoms with E-state index in [0.717, 1.165) is 38.6 Å². The Morgan fingerprint density at radius 2 is 1.65 bits per heavy atom. The number of aliphatic hydroxyl groups is 1. The van der Waals surface area contributed by atoms with Crippen LogP contribution in [-0.2, 0) is 9.59 Å². The average molecular weight is 473 g/mol. The minimum atomic E-state index is -0.222. The number of nitrogens with zero attached hydrogens (tertiary/aromatic N) is 2. The first-order valence-electron chi connectivity index (χ1n) is 14.1. The molecule has 34 heavy (non-hydrogen) atoms. The van der Waals surface area contributed by atoms with E-state index in [1.54, 1.807) is 0 Å². The topological polar surface area (TPSA) is 60.9 Å². The maximum Gasteiger partial charge on any atom is 0.228 e. The molecule has 0 aromatic carbocycles. The summed E-state index contributed by atoms with van der Waals surface area (Å²) in [6.07, 6.45) is 7.05. The van der Waals surface area contributed by atoms with Gasteiger partial charge in [0, 0.05) is 24.4 Å². The first-order chi connectivity index (χ1) is 15.9. The van der Waals surface area contributed by atoms with E-state index in [-0.39, 0.29) is 40.7 Å². The fourth-order valence-corrected chi connectivity index (χ4v) is 9.92. The minimum absolute atomic E-state index is 0.0550. The van der Waals surface area contributed by atoms with Crippen LogP contribution in [0.1, 0.15) is 79.6 Å². The number of hydrogen-bond acceptors (Lipinski definition) is 4. The van der Waals surface area contributed by atoms with Gasteiger partial charge < -0.3 is 14.9 Å². The van der Waals surface area contributed by atoms with Crippen LogP contribution >= 0.6 is 0 Å². The quantitative estimate of drug-likeness (QED) is 0.622. The first kappa shape index (κ1) is 24.7. The Morgan fingerprint density at radius 3 is 2.26 bits per heavy atom. The normalized spacial score (nSPS) is 49.5. The van der Waals surface area contributed by atoms with Crippen molar-refractivity contribution in [3.05, 3.63) is 0 Å². The number of hydrogen-bond donors (Lipinski definition) is 1. The van der Waals surface area contributed by atoms with Crippen LogP contribution in [0.5, 0.6) is 0 Å². The molecule has 1 saturated heterocycles. The van der Waals surface area contributed by atoms with Gasteiger partial charge in [-0.1, -0.05) is 27.7 Å². The summed E-state index contributed by atoms with van der Waals surface area (Å²) in [5.74, 6) is 3.22. The van der Waals surface area contributed by atoms with Gasteiger partial charge >= 0.3 is 0 Å². The molecule has 0 aromatic heterocycles. The van der Waals surface area contributed by atoms with Gasteiger partial charge in [0.15, 0.2) is 5.78 Å². The highest BCUT2D eigenvalue weighted by atomic mass is 16.3. The number of carbonyl (C=O) groups excluding carboxylic acids is 2. The van der Waals surface area contributed by atoms with Crippen molar-refractivity contribution >= 4 is 11.7 Å². The molecule has 11 atom stereocenters. The summed E-state index contributed by atoms with van der Waals surface area (Å²) in [5.41, 5.74) is 0.240. The molecule has 5 heteroatoms. The lowest BCUT2D eigenvalue weighted by molar-refractivity contribution is -0.171. The van der Waals surface area contributed by atoms with Gasteiger partial charge in [-0.3, -0.25) is 9.59 Å². The Hall–Kier alpha value is -0.940. The van der Waals surface area contributed by atoms with E-state index in [1.165, 1.54) is 12.8 Å². The summed E-state index contributed by atoms with van der Waals surface area (Å²) < 4.78 is 0. The van der Waals surface area contributed by atoms with E-state index in [4.69, 9.17) is 0 Å². The standard InChI is InChI=1S/C29H48N2O3/c1-16(2)19-15-31(27(19)34)23-11-13-28(4)20-10-12-29(5)22(18(20)8-9-21(28)26(23)33)14-24(32)25(29)17(3)30(6)7/h16-25,32H,8-15H2,1-7H3/t17-,18+,19-,20-,21-,22-,23-,24+,25-,28+,29-/m0/s1. The molecule has 192 valence electrons. The van der Waals surface area contributed by atoms with Crippen LogP contribution in [0.4, 0.5) is 0 Å². The molecule has 5 aliphatic rings. The monoisotopic (exact) mass is 472 g/mol. The highest BCUT2D eigenvalue weighted by Gasteiger charge is 2.64. The third kappa shape index (κ3) is 3.31. The molecule has 5 rings (SSSR count). The van der Waals surface area contributed by atoms with Gasteiger partial charge in [-0.25, -0.2) is 0 Å². The van der Waals surface area contributed by atoms with Crippen LogP contribution in [0.3, 0.4) is 0 Å². The molecule has 0 unspecified atom stereocenters. The zero-order valence-corrected chi connectivity index (χ0v) is 22.6. The van der Waals surface area contributed by atoms with Gasteiger partial charge in [-0.15, -0.1) is 0 Å². The van der Waals surface area contributed by atoms with Gasteiger partial charge in [0.25, 0.3) is 0 Å². The summed E-state index contributed by atoms with van der Waals surface area (Å²) >= 11 is 0. The van der Waals surface area contributed by atoms with Crippen LogP contribution in [-0.4, -0.2) is 65.4 Å². The predicted molar refractivity (Wildman–Crippen MR) is 134 cm³/mol. The number of aliphatic hydroxyl groups excluding tert-OH is 1. The predicted octanol–water partition coefficient (Wildman–Crippen LogP) is 4.23. The number of rotatable bonds is 4. The van der Waals surface area contributed by atoms with Crippen molar-refractivity contribution in [1.29, 1.82) is 0 Å². The van der Waals surface area contributed by atoms with Crippen molar-refractivity contribution in [1.82, 2.24) is 9.80 Å². The van der Waals surface area contributed by atoms with E-state index in [9.17, 15) is 14.7 Å². The molecule has 0 aromatic rings. The lowest BCUT2D eigenvalue weighted by Crippen LogP contribution is -2.65. The molecule has 1 amide bonds. The molecule has 5 nitrogen and oxygen atoms in total. The third-order valence-corrected chi connectivity index (χ3v) is 12.1. The van der Waals surface area contributed by atoms with Gasteiger partial charge in [0.2, 0.25) is 5.91 Å². The van der Waals surface area contributed by atoms with Gasteiger partial charge in [0.05, 0.1) is 18.1 Å². The van der Waals surface area contributed by atoms with Gasteiger partial charge in [-0.2, -0.15) is 0 Å². The highest BCUT2D eigenvalue weighted by molar-refractivity contribution is 5.95. The van der Waals surface area contributed by atoms with Crippen molar-refractivity contribution in [3.63, 3.8) is 0 Å². The molecule has 1 aliphatic heterocycles. The molecular weight excluding hydrogens is 424 g/mol. The Labute approximate surface area is 207 Å². The van der Waals surface area contributed by atoms with Crippen LogP contribution in [0.2, 0.25) is 0 Å². The molecule has 4 aliphatic carbocycles. The number of amides is 1. The highest BCUT2D eigenvalue weighted by Crippen LogP contribution is 2.67. The molecule has 0 bridgehead atoms. The maximum absolute atomic E-state index is 13.8. The Kier molecular flexibility index (Phi) is 6.04. The zero-order valence-electron chi connectivity index (χ0n) is 22.6. The van der Waals surface area contributed by atoms with E-state index in [2.05, 4.69) is 53.6 Å². The molecule has 4 saturated carbocycles. The van der Waals surface area contributed by atoms with Gasteiger partial charge in [-0.05, 0) is 100 Å². The Balaban J connectivity index is 1.35. The second-order valence-corrected chi connectivity index (χ2v) is 13.9. The fourth-order valence-electron chi connectivity index (χ4n) is 9.92. The van der Waals surface area contributed by atoms with Crippen LogP contribution in [0, 0.1) is 52.3 Å². The Bertz CT molecular complexity index is 841. The Morgan fingerprint density at radius 1 is 0.971 bits per heavy atom. The van der Waals surface area contributed by atoms with E-state index in [0.29, 0.717) is 41.4 Å². The number of β-lactam (4-membered cyclic amide) rings is 1. The minimum Gasteiger partial charge on any atom is -0.393 e. The van der Waals surface area contributed by atoms with E-state index < -0.39 is 0 Å². The second kappa shape index (κ2) is 8.30. The summed E-state index contributed by atoms with van der Waals surface area (Å²) in [5, 5.41) is 11.2. The number of ketones is 1. The van der Waals surface area contributed by atoms with Crippen molar-refractivity contribution < 1.29 is 14.7 Å². The SMILES string of the molecule is CC(C)[C@@H]1CN([C@H]2CC[C@@]3(C)[C@@H](CC[C@@H]4[C@@H]3CC[C@]3(C)[C@@H]([C@H](C)N(C)C)[C@H](O)C[C@@H]43)C2=O)C1=O. The maximum atomic E-state index is 13.8. The first-order valence-corrected chi connectivity index (χ1v) is 14.1. The van der Waals surface area contributed by atoms with E-state index in [1.807, 2.05) is 4.90 Å². The van der Waals surface area contributed by atoms with E-state index >= 15 is 0 Å². The average Bonchev–Trinajstić information content (AvgIpc) is 3.03. The number of likely N-dealkylation sites (tertiary alicyclic amines) is 1. The second-order valence-electron chi connectivity index (χ2n) is 13.9. The molecule has 5 fully saturated rings. The third-order valence-electron chi connectivity index (χ3n) is 12.1. The molecular formula is C29H48N2O3. The summed E-state index contributed by atoms with van der Waals surface area (Å²) in [6, 6.07) is 0.193. The van der Waals surface area contributed by atoms with Crippen molar-refractivity contribution in [2.45, 2.75) is 97.8 Å². The van der Waals surface area contributed by atoms with Crippen molar-refractivity contribution in [3.8, 4) is 0 Å². The van der Waals surface area contributed by atoms with Gasteiger partial charge in [0.1, 0.15) is 0 Å². The summed E-state index contributed by atoms with van der Waals surface area (Å²) in [4.78, 5) is 30.8. The molecule has 0 radical (unpaired) electrons.